The Hall–Kier alpha value is -0.840. The summed E-state index contributed by atoms with van der Waals surface area (Å²) in [6.45, 7) is 4.85. The van der Waals surface area contributed by atoms with E-state index in [-0.39, 0.29) is 0 Å². The van der Waals surface area contributed by atoms with Crippen LogP contribution in [0.1, 0.15) is 19.5 Å². The number of aryl methyl sites for hydroxylation is 1. The number of hydrogen-bond acceptors (Lipinski definition) is 3. The van der Waals surface area contributed by atoms with Gasteiger partial charge in [0.25, 0.3) is 0 Å². The van der Waals surface area contributed by atoms with Gasteiger partial charge < -0.3 is 5.32 Å². The zero-order valence-electron chi connectivity index (χ0n) is 11.2. The standard InChI is InChI=1S/C14H14BrCl2N3/c1-3-10-11(15)14(18-4-2)20-13(19-10)8-6-5-7-9(16)12(8)17/h5-7H,3-4H2,1-2H3,(H,18,19,20). The van der Waals surface area contributed by atoms with Crippen molar-refractivity contribution in [1.29, 1.82) is 0 Å². The van der Waals surface area contributed by atoms with E-state index in [2.05, 4.69) is 31.2 Å². The number of nitrogens with zero attached hydrogens (tertiary/aromatic N) is 2. The number of halogens is 3. The highest BCUT2D eigenvalue weighted by Crippen LogP contribution is 2.34. The van der Waals surface area contributed by atoms with E-state index < -0.39 is 0 Å². The predicted octanol–water partition coefficient (Wildman–Crippen LogP) is 5.21. The summed E-state index contributed by atoms with van der Waals surface area (Å²) in [5, 5.41) is 4.19. The monoisotopic (exact) mass is 373 g/mol. The molecule has 1 N–H and O–H groups in total. The molecule has 20 heavy (non-hydrogen) atoms. The maximum atomic E-state index is 6.25. The molecule has 0 aliphatic rings. The number of aromatic nitrogens is 2. The van der Waals surface area contributed by atoms with Gasteiger partial charge in [0.15, 0.2) is 5.82 Å². The van der Waals surface area contributed by atoms with Crippen LogP contribution in [0.2, 0.25) is 10.0 Å². The van der Waals surface area contributed by atoms with Gasteiger partial charge in [-0.1, -0.05) is 36.2 Å². The van der Waals surface area contributed by atoms with Gasteiger partial charge in [0, 0.05) is 12.1 Å². The number of hydrogen-bond donors (Lipinski definition) is 1. The minimum Gasteiger partial charge on any atom is -0.369 e. The zero-order chi connectivity index (χ0) is 14.7. The molecule has 0 amide bonds. The molecule has 2 aromatic rings. The second-order valence-corrected chi connectivity index (χ2v) is 5.72. The lowest BCUT2D eigenvalue weighted by molar-refractivity contribution is 0.984. The molecule has 0 saturated carbocycles. The largest absolute Gasteiger partial charge is 0.369 e. The molecule has 3 nitrogen and oxygen atoms in total. The third kappa shape index (κ3) is 3.08. The highest BCUT2D eigenvalue weighted by atomic mass is 79.9. The van der Waals surface area contributed by atoms with Crippen molar-refractivity contribution in [2.75, 3.05) is 11.9 Å². The lowest BCUT2D eigenvalue weighted by atomic mass is 10.2. The molecule has 1 aromatic carbocycles. The molecular formula is C14H14BrCl2N3. The Morgan fingerprint density at radius 1 is 1.20 bits per heavy atom. The molecule has 1 heterocycles. The van der Waals surface area contributed by atoms with Crippen LogP contribution in [0.15, 0.2) is 22.7 Å². The van der Waals surface area contributed by atoms with E-state index in [1.165, 1.54) is 0 Å². The van der Waals surface area contributed by atoms with Crippen LogP contribution in [0.3, 0.4) is 0 Å². The Morgan fingerprint density at radius 3 is 2.60 bits per heavy atom. The van der Waals surface area contributed by atoms with Gasteiger partial charge in [-0.25, -0.2) is 9.97 Å². The fourth-order valence-corrected chi connectivity index (χ4v) is 2.79. The smallest absolute Gasteiger partial charge is 0.163 e. The first-order valence-electron chi connectivity index (χ1n) is 6.33. The third-order valence-corrected chi connectivity index (χ3v) is 4.44. The van der Waals surface area contributed by atoms with Crippen LogP contribution in [0, 0.1) is 0 Å². The molecule has 0 spiro atoms. The molecular weight excluding hydrogens is 361 g/mol. The second-order valence-electron chi connectivity index (χ2n) is 4.14. The lowest BCUT2D eigenvalue weighted by Crippen LogP contribution is -2.06. The summed E-state index contributed by atoms with van der Waals surface area (Å²) in [5.74, 6) is 1.35. The Bertz CT molecular complexity index is 632. The van der Waals surface area contributed by atoms with Gasteiger partial charge in [-0.05, 0) is 41.4 Å². The fraction of sp³-hybridized carbons (Fsp3) is 0.286. The minimum atomic E-state index is 0.473. The van der Waals surface area contributed by atoms with Gasteiger partial charge in [0.1, 0.15) is 5.82 Å². The summed E-state index contributed by atoms with van der Waals surface area (Å²) in [5.41, 5.74) is 1.67. The number of nitrogens with one attached hydrogen (secondary N) is 1. The van der Waals surface area contributed by atoms with Crippen molar-refractivity contribution in [2.24, 2.45) is 0 Å². The molecule has 0 bridgehead atoms. The lowest BCUT2D eigenvalue weighted by Gasteiger charge is -2.12. The molecule has 0 aliphatic carbocycles. The zero-order valence-corrected chi connectivity index (χ0v) is 14.3. The number of rotatable bonds is 4. The van der Waals surface area contributed by atoms with Crippen LogP contribution in [0.4, 0.5) is 5.82 Å². The van der Waals surface area contributed by atoms with Gasteiger partial charge in [-0.15, -0.1) is 0 Å². The van der Waals surface area contributed by atoms with E-state index in [4.69, 9.17) is 23.2 Å². The van der Waals surface area contributed by atoms with Crippen molar-refractivity contribution >= 4 is 44.9 Å². The van der Waals surface area contributed by atoms with Crippen molar-refractivity contribution in [1.82, 2.24) is 9.97 Å². The van der Waals surface area contributed by atoms with Crippen LogP contribution >= 0.6 is 39.1 Å². The summed E-state index contributed by atoms with van der Waals surface area (Å²) >= 11 is 15.8. The van der Waals surface area contributed by atoms with Crippen LogP contribution in [0.25, 0.3) is 11.4 Å². The maximum Gasteiger partial charge on any atom is 0.163 e. The van der Waals surface area contributed by atoms with Crippen LogP contribution in [-0.2, 0) is 6.42 Å². The summed E-state index contributed by atoms with van der Waals surface area (Å²) in [7, 11) is 0. The van der Waals surface area contributed by atoms with E-state index in [1.54, 1.807) is 6.07 Å². The highest BCUT2D eigenvalue weighted by Gasteiger charge is 2.15. The van der Waals surface area contributed by atoms with E-state index in [9.17, 15) is 0 Å². The fourth-order valence-electron chi connectivity index (χ4n) is 1.81. The molecule has 2 rings (SSSR count). The van der Waals surface area contributed by atoms with Crippen molar-refractivity contribution < 1.29 is 0 Å². The first-order chi connectivity index (χ1) is 9.58. The molecule has 0 atom stereocenters. The second kappa shape index (κ2) is 6.74. The van der Waals surface area contributed by atoms with Crippen molar-refractivity contribution in [2.45, 2.75) is 20.3 Å². The summed E-state index contributed by atoms with van der Waals surface area (Å²) in [6.07, 6.45) is 0.798. The summed E-state index contributed by atoms with van der Waals surface area (Å²) in [6, 6.07) is 5.46. The first-order valence-corrected chi connectivity index (χ1v) is 7.88. The molecule has 0 unspecified atom stereocenters. The molecule has 0 aliphatic heterocycles. The van der Waals surface area contributed by atoms with Crippen molar-refractivity contribution in [3.63, 3.8) is 0 Å². The van der Waals surface area contributed by atoms with Crippen LogP contribution < -0.4 is 5.32 Å². The van der Waals surface area contributed by atoms with E-state index in [1.807, 2.05) is 26.0 Å². The molecule has 1 aromatic heterocycles. The summed E-state index contributed by atoms with van der Waals surface area (Å²) < 4.78 is 0.892. The topological polar surface area (TPSA) is 37.8 Å². The van der Waals surface area contributed by atoms with Crippen LogP contribution in [0.5, 0.6) is 0 Å². The first kappa shape index (κ1) is 15.5. The Kier molecular flexibility index (Phi) is 5.24. The van der Waals surface area contributed by atoms with Gasteiger partial charge in [0.2, 0.25) is 0 Å². The maximum absolute atomic E-state index is 6.25. The molecule has 106 valence electrons. The predicted molar refractivity (Wildman–Crippen MR) is 88.7 cm³/mol. The average Bonchev–Trinajstić information content (AvgIpc) is 2.44. The number of anilines is 1. The van der Waals surface area contributed by atoms with Crippen molar-refractivity contribution in [3.05, 3.63) is 38.4 Å². The van der Waals surface area contributed by atoms with Gasteiger partial charge >= 0.3 is 0 Å². The van der Waals surface area contributed by atoms with E-state index >= 15 is 0 Å². The quantitative estimate of drug-likeness (QED) is 0.798. The third-order valence-electron chi connectivity index (χ3n) is 2.79. The van der Waals surface area contributed by atoms with Crippen LogP contribution in [-0.4, -0.2) is 16.5 Å². The normalized spacial score (nSPS) is 10.7. The number of benzene rings is 1. The van der Waals surface area contributed by atoms with Gasteiger partial charge in [-0.2, -0.15) is 0 Å². The van der Waals surface area contributed by atoms with E-state index in [0.717, 1.165) is 34.5 Å². The minimum absolute atomic E-state index is 0.473. The molecule has 0 fully saturated rings. The Morgan fingerprint density at radius 2 is 1.95 bits per heavy atom. The van der Waals surface area contributed by atoms with Gasteiger partial charge in [0.05, 0.1) is 20.2 Å². The summed E-state index contributed by atoms with van der Waals surface area (Å²) in [4.78, 5) is 9.10. The average molecular weight is 375 g/mol. The molecule has 0 saturated heterocycles. The Balaban J connectivity index is 2.62. The Labute approximate surface area is 136 Å². The van der Waals surface area contributed by atoms with E-state index in [0.29, 0.717) is 15.9 Å². The SMILES string of the molecule is CCNc1nc(-c2cccc(Cl)c2Cl)nc(CC)c1Br. The van der Waals surface area contributed by atoms with Crippen molar-refractivity contribution in [3.8, 4) is 11.4 Å². The molecule has 0 radical (unpaired) electrons. The highest BCUT2D eigenvalue weighted by molar-refractivity contribution is 9.10. The van der Waals surface area contributed by atoms with Gasteiger partial charge in [-0.3, -0.25) is 0 Å². The molecule has 6 heteroatoms.